The van der Waals surface area contributed by atoms with Crippen molar-refractivity contribution in [2.24, 2.45) is 17.2 Å². The smallest absolute Gasteiger partial charge is 0.305 e. The molecule has 0 aliphatic carbocycles. The molecule has 1 aromatic rings. The van der Waals surface area contributed by atoms with Gasteiger partial charge in [-0.3, -0.25) is 69.7 Å². The van der Waals surface area contributed by atoms with Crippen LogP contribution in [-0.2, 0) is 59.0 Å². The number of aliphatic hydroxyl groups excluding tert-OH is 4. The molecule has 562 valence electrons. The number of nitrogens with two attached hydrogens (primary N) is 3. The van der Waals surface area contributed by atoms with Gasteiger partial charge in [-0.1, -0.05) is 104 Å². The van der Waals surface area contributed by atoms with Gasteiger partial charge in [0.15, 0.2) is 0 Å². The van der Waals surface area contributed by atoms with E-state index in [1.54, 1.807) is 30.3 Å². The van der Waals surface area contributed by atoms with Crippen molar-refractivity contribution in [3.8, 4) is 0 Å². The second-order valence-corrected chi connectivity index (χ2v) is 30.5. The highest BCUT2D eigenvalue weighted by molar-refractivity contribution is 8.01. The van der Waals surface area contributed by atoms with E-state index in [2.05, 4.69) is 63.8 Å². The first kappa shape index (κ1) is 89.0. The van der Waals surface area contributed by atoms with Crippen LogP contribution >= 0.6 is 35.3 Å². The van der Waals surface area contributed by atoms with Gasteiger partial charge in [0.2, 0.25) is 41.4 Å². The van der Waals surface area contributed by atoms with Gasteiger partial charge in [0.1, 0.15) is 43.3 Å². The van der Waals surface area contributed by atoms with Crippen LogP contribution < -0.4 is 81.0 Å². The number of nitrogens with one attached hydrogen (secondary N) is 12. The lowest BCUT2D eigenvalue weighted by Crippen LogP contribution is -2.62. The number of rotatable bonds is 36. The number of unbranched alkanes of at least 4 members (excludes halogenated alkanes) is 4. The molecule has 0 bridgehead atoms. The summed E-state index contributed by atoms with van der Waals surface area (Å²) in [5.74, 6) is -8.45. The van der Waals surface area contributed by atoms with E-state index in [4.69, 9.17) is 26.7 Å². The molecule has 1 unspecified atom stereocenters. The highest BCUT2D eigenvalue weighted by Gasteiger charge is 2.36. The van der Waals surface area contributed by atoms with E-state index < -0.39 is 156 Å². The van der Waals surface area contributed by atoms with Crippen LogP contribution in [-0.4, -0.2) is 255 Å². The third kappa shape index (κ3) is 41.6. The molecule has 24 N–H and O–H groups in total. The molecule has 2 rings (SSSR count). The summed E-state index contributed by atoms with van der Waals surface area (Å²) in [6.45, 7) is 14.9. The molecule has 1 heterocycles. The van der Waals surface area contributed by atoms with Crippen molar-refractivity contribution in [1.29, 1.82) is 0 Å². The maximum Gasteiger partial charge on any atom is 0.305 e. The molecule has 1 aromatic carbocycles. The minimum Gasteiger partial charge on any atom is -0.481 e. The van der Waals surface area contributed by atoms with Gasteiger partial charge in [0.05, 0.1) is 81.8 Å². The fraction of sp³-hybridized carbons (Fsp3) is 0.762. The van der Waals surface area contributed by atoms with Gasteiger partial charge < -0.3 is 94.5 Å². The van der Waals surface area contributed by atoms with Crippen molar-refractivity contribution >= 4 is 88.6 Å². The first-order valence-corrected chi connectivity index (χ1v) is 36.6. The van der Waals surface area contributed by atoms with Crippen LogP contribution in [0.2, 0.25) is 0 Å². The first-order chi connectivity index (χ1) is 46.3. The van der Waals surface area contributed by atoms with Gasteiger partial charge >= 0.3 is 11.9 Å². The summed E-state index contributed by atoms with van der Waals surface area (Å²) in [6.07, 6.45) is -5.05. The highest BCUT2D eigenvalue weighted by Crippen LogP contribution is 2.26. The molecule has 12 atom stereocenters. The Morgan fingerprint density at radius 2 is 1.29 bits per heavy atom. The molecule has 7 amide bonds. The molecule has 0 aromatic heterocycles. The maximum absolute atomic E-state index is 14.7. The Hall–Kier alpha value is -5.06. The summed E-state index contributed by atoms with van der Waals surface area (Å²) in [4.78, 5) is 122. The lowest BCUT2D eigenvalue weighted by Gasteiger charge is -2.33. The average molecular weight is 1450 g/mol. The Kier molecular flexibility index (Phi) is 45.0. The summed E-state index contributed by atoms with van der Waals surface area (Å²) in [7, 11) is 0. The molecule has 0 radical (unpaired) electrons. The van der Waals surface area contributed by atoms with Crippen LogP contribution in [0.25, 0.3) is 0 Å². The fourth-order valence-corrected chi connectivity index (χ4v) is 12.3. The van der Waals surface area contributed by atoms with Gasteiger partial charge in [-0.2, -0.15) is 23.5 Å². The van der Waals surface area contributed by atoms with E-state index in [-0.39, 0.29) is 81.0 Å². The maximum atomic E-state index is 14.7. The Bertz CT molecular complexity index is 2510. The minimum atomic E-state index is -1.91. The number of hydrogen-bond donors (Lipinski definition) is 21. The number of carbonyl (C=O) groups is 9. The predicted octanol–water partition coefficient (Wildman–Crippen LogP) is -2.91. The largest absolute Gasteiger partial charge is 0.481 e. The normalized spacial score (nSPS) is 23.8. The number of hydrogen-bond acceptors (Lipinski definition) is 26. The first-order valence-electron chi connectivity index (χ1n) is 33.5. The third-order valence-electron chi connectivity index (χ3n) is 14.8. The molecular weight excluding hydrogens is 1330 g/mol. The van der Waals surface area contributed by atoms with Crippen LogP contribution in [0.15, 0.2) is 30.3 Å². The quantitative estimate of drug-likeness (QED) is 0.0236. The predicted molar refractivity (Wildman–Crippen MR) is 378 cm³/mol. The van der Waals surface area contributed by atoms with Crippen molar-refractivity contribution in [2.75, 3.05) is 82.2 Å². The summed E-state index contributed by atoms with van der Waals surface area (Å²) < 4.78 is 9.88. The lowest BCUT2D eigenvalue weighted by atomic mass is 10.0. The molecule has 1 fully saturated rings. The number of carboxylic acid groups (broad SMARTS) is 2. The lowest BCUT2D eigenvalue weighted by molar-refractivity contribution is -0.141. The number of aliphatic carboxylic acids is 2. The van der Waals surface area contributed by atoms with Crippen LogP contribution in [0.1, 0.15) is 131 Å². The number of carboxylic acids is 2. The highest BCUT2D eigenvalue weighted by atomic mass is 32.2. The average Bonchev–Trinajstić information content (AvgIpc) is 0.907. The second kappa shape index (κ2) is 49.5. The Balaban J connectivity index is 2.62. The number of thioether (sulfide) groups is 3. The van der Waals surface area contributed by atoms with Gasteiger partial charge in [-0.15, -0.1) is 11.8 Å². The van der Waals surface area contributed by atoms with Crippen molar-refractivity contribution in [3.63, 3.8) is 0 Å². The number of amides is 7. The summed E-state index contributed by atoms with van der Waals surface area (Å²) in [6, 6.07) is -1.58. The van der Waals surface area contributed by atoms with Crippen LogP contribution in [0.5, 0.6) is 0 Å². The second-order valence-electron chi connectivity index (χ2n) is 25.8. The molecular formula is C63H115N15O17S3. The summed E-state index contributed by atoms with van der Waals surface area (Å²) >= 11 is 3.51. The van der Waals surface area contributed by atoms with Crippen LogP contribution in [0.4, 0.5) is 0 Å². The number of ether oxygens (including phenoxy) is 2. The molecule has 0 saturated carbocycles. The van der Waals surface area contributed by atoms with Crippen molar-refractivity contribution < 1.29 is 83.3 Å². The van der Waals surface area contributed by atoms with E-state index in [0.29, 0.717) is 57.6 Å². The standard InChI is InChI=1S/C63H115N15O17S3/c1-8-9-12-20-40(53(86)68-26-28-95-30-29-94-27-23-64)71-48(79)22-15-11-16-24-67-55(88)45-35-96-38-50(81)73-44(33-52(84)85)58(91)77-46(36-97-62(2,3)4)59(92)74-41(21-17-25-69-61(65)66)54(87)70-34-49(80)72-43(32-51(82)83)57(90)78-47(37-98-63(5,6)7)60(93)75-42(56(89)76-45)31-39-18-13-10-14-19-39/h10,13-14,18-19,40-47,54,56-57,59,61,69-70,74,76,78,87,89-90,92H,8-9,11-12,15-17,20-38,64-66H2,1-7H3,(H,67,88)(H,68,86)(H,71,79)(H,72,80)(H,73,81)(H,75,93)(H,77,91)(H,82,83)(H,84,85)/t40?,41-,42-,43-,44-,45-,46-,47-,54+,56+,57+,59-/m0/s1. The van der Waals surface area contributed by atoms with Crippen LogP contribution in [0.3, 0.4) is 0 Å². The van der Waals surface area contributed by atoms with E-state index in [1.807, 2.05) is 48.5 Å². The Labute approximate surface area is 589 Å². The molecule has 98 heavy (non-hydrogen) atoms. The van der Waals surface area contributed by atoms with Crippen molar-refractivity contribution in [1.82, 2.24) is 63.8 Å². The van der Waals surface area contributed by atoms with E-state index in [1.165, 1.54) is 23.5 Å². The SMILES string of the molecule is CCCCCC(NC(=O)CCCCCNC(=O)[C@@H]1CSCC(=O)N[C@@H](CC(=O)O)C(=O)N[C@@H](CSC(C)(C)C)[C@H](O)N[C@@H](CCCNC(N)N)[C@@H](O)NCC(=O)N[C@@H](CC(=O)O)[C@@H](O)N[C@@H](CSC(C)(C)C)C(=O)N[C@@H](Cc2ccccc2)[C@@H](O)N1)C(=O)NCCOCCOCCN. The molecule has 1 aliphatic rings. The van der Waals surface area contributed by atoms with Crippen molar-refractivity contribution in [3.05, 3.63) is 35.9 Å². The number of carbonyl (C=O) groups excluding carboxylic acids is 7. The molecule has 32 nitrogen and oxygen atoms in total. The zero-order chi connectivity index (χ0) is 73.2. The topological polar surface area (TPSA) is 516 Å². The Morgan fingerprint density at radius 3 is 1.93 bits per heavy atom. The molecule has 1 aliphatic heterocycles. The van der Waals surface area contributed by atoms with Crippen molar-refractivity contribution in [2.45, 2.75) is 221 Å². The molecule has 1 saturated heterocycles. The van der Waals surface area contributed by atoms with Crippen LogP contribution in [0, 0.1) is 0 Å². The minimum absolute atomic E-state index is 0.00610. The molecule has 35 heteroatoms. The van der Waals surface area contributed by atoms with Gasteiger partial charge in [-0.25, -0.2) is 0 Å². The number of aliphatic hydroxyl groups is 4. The zero-order valence-electron chi connectivity index (χ0n) is 57.9. The van der Waals surface area contributed by atoms with Gasteiger partial charge in [-0.05, 0) is 50.6 Å². The molecule has 0 spiro atoms. The number of benzene rings is 1. The van der Waals surface area contributed by atoms with E-state index >= 15 is 0 Å². The fourth-order valence-electron chi connectivity index (χ4n) is 9.61. The summed E-state index contributed by atoms with van der Waals surface area (Å²) in [5.41, 5.74) is 17.4. The van der Waals surface area contributed by atoms with Gasteiger partial charge in [0, 0.05) is 58.8 Å². The third-order valence-corrected chi connectivity index (χ3v) is 18.6. The van der Waals surface area contributed by atoms with Gasteiger partial charge in [0.25, 0.3) is 0 Å². The summed E-state index contributed by atoms with van der Waals surface area (Å²) in [5, 5.41) is 101. The Morgan fingerprint density at radius 1 is 0.653 bits per heavy atom. The monoisotopic (exact) mass is 1450 g/mol. The zero-order valence-corrected chi connectivity index (χ0v) is 60.4. The van der Waals surface area contributed by atoms with E-state index in [0.717, 1.165) is 31.0 Å². The van der Waals surface area contributed by atoms with E-state index in [9.17, 15) is 73.8 Å².